The van der Waals surface area contributed by atoms with Crippen LogP contribution in [0, 0.1) is 0 Å². The van der Waals surface area contributed by atoms with Gasteiger partial charge < -0.3 is 10.0 Å². The van der Waals surface area contributed by atoms with Gasteiger partial charge in [0.1, 0.15) is 11.3 Å². The number of likely N-dealkylation sites (N-methyl/N-ethyl adjacent to an activating group) is 1. The first-order chi connectivity index (χ1) is 10.6. The molecule has 1 amide bonds. The van der Waals surface area contributed by atoms with Crippen LogP contribution in [0.1, 0.15) is 44.7 Å². The molecule has 0 bridgehead atoms. The maximum atomic E-state index is 12.6. The molecule has 1 aromatic carbocycles. The van der Waals surface area contributed by atoms with Gasteiger partial charge in [0, 0.05) is 18.5 Å². The van der Waals surface area contributed by atoms with E-state index in [-0.39, 0.29) is 23.7 Å². The highest BCUT2D eigenvalue weighted by Gasteiger charge is 2.45. The lowest BCUT2D eigenvalue weighted by molar-refractivity contribution is -0.129. The molecule has 4 nitrogen and oxygen atoms in total. The van der Waals surface area contributed by atoms with Crippen molar-refractivity contribution in [2.45, 2.75) is 45.6 Å². The van der Waals surface area contributed by atoms with Crippen molar-refractivity contribution in [2.75, 3.05) is 7.05 Å². The minimum absolute atomic E-state index is 0.00551. The molecule has 5 heteroatoms. The molecule has 0 spiro atoms. The summed E-state index contributed by atoms with van der Waals surface area (Å²) in [5.41, 5.74) is 0.628. The zero-order valence-electron chi connectivity index (χ0n) is 14.1. The largest absolute Gasteiger partial charge is 0.509 e. The second-order valence-corrected chi connectivity index (χ2v) is 7.10. The SMILES string of the molecule is CC(C)c1cccc(CC(=O)C2=C(O)C(C)(C)N(C)C2=O)c1Cl. The molecule has 0 aliphatic carbocycles. The Balaban J connectivity index is 2.36. The summed E-state index contributed by atoms with van der Waals surface area (Å²) in [6, 6.07) is 5.55. The number of nitrogens with zero attached hydrogens (tertiary/aromatic N) is 1. The first kappa shape index (κ1) is 17.5. The van der Waals surface area contributed by atoms with E-state index < -0.39 is 17.2 Å². The maximum absolute atomic E-state index is 12.6. The van der Waals surface area contributed by atoms with Crippen molar-refractivity contribution < 1.29 is 14.7 Å². The molecule has 0 unspecified atom stereocenters. The fraction of sp³-hybridized carbons (Fsp3) is 0.444. The average molecular weight is 336 g/mol. The van der Waals surface area contributed by atoms with E-state index in [4.69, 9.17) is 11.6 Å². The summed E-state index contributed by atoms with van der Waals surface area (Å²) >= 11 is 6.39. The second kappa shape index (κ2) is 6.00. The van der Waals surface area contributed by atoms with Crippen LogP contribution in [0.3, 0.4) is 0 Å². The van der Waals surface area contributed by atoms with E-state index in [0.717, 1.165) is 5.56 Å². The van der Waals surface area contributed by atoms with Gasteiger partial charge in [0.25, 0.3) is 5.91 Å². The molecule has 0 saturated heterocycles. The number of hydrogen-bond donors (Lipinski definition) is 1. The van der Waals surface area contributed by atoms with Crippen molar-refractivity contribution in [1.29, 1.82) is 0 Å². The summed E-state index contributed by atoms with van der Waals surface area (Å²) in [5, 5.41) is 10.8. The van der Waals surface area contributed by atoms with Crippen LogP contribution >= 0.6 is 11.6 Å². The Hall–Kier alpha value is -1.81. The van der Waals surface area contributed by atoms with Crippen molar-refractivity contribution in [3.8, 4) is 0 Å². The van der Waals surface area contributed by atoms with Gasteiger partial charge in [-0.2, -0.15) is 0 Å². The van der Waals surface area contributed by atoms with Crippen LogP contribution in [0.5, 0.6) is 0 Å². The fourth-order valence-electron chi connectivity index (χ4n) is 2.68. The maximum Gasteiger partial charge on any atom is 0.261 e. The summed E-state index contributed by atoms with van der Waals surface area (Å²) in [4.78, 5) is 26.2. The standard InChI is InChI=1S/C18H22ClNO3/c1-10(2)12-8-6-7-11(15(12)19)9-13(21)14-16(22)18(3,4)20(5)17(14)23/h6-8,10,22H,9H2,1-5H3. The van der Waals surface area contributed by atoms with Gasteiger partial charge in [-0.25, -0.2) is 0 Å². The van der Waals surface area contributed by atoms with E-state index in [0.29, 0.717) is 10.6 Å². The third-order valence-electron chi connectivity index (χ3n) is 4.53. The molecule has 0 aromatic heterocycles. The number of aliphatic hydroxyl groups excluding tert-OH is 1. The van der Waals surface area contributed by atoms with E-state index in [2.05, 4.69) is 0 Å². The van der Waals surface area contributed by atoms with Gasteiger partial charge in [-0.05, 0) is 30.9 Å². The summed E-state index contributed by atoms with van der Waals surface area (Å²) in [5.74, 6) is -0.796. The van der Waals surface area contributed by atoms with Crippen molar-refractivity contribution >= 4 is 23.3 Å². The van der Waals surface area contributed by atoms with Crippen molar-refractivity contribution in [2.24, 2.45) is 0 Å². The van der Waals surface area contributed by atoms with Crippen molar-refractivity contribution in [3.05, 3.63) is 45.7 Å². The number of carbonyl (C=O) groups excluding carboxylic acids is 2. The van der Waals surface area contributed by atoms with Crippen LogP contribution in [0.25, 0.3) is 0 Å². The average Bonchev–Trinajstić information content (AvgIpc) is 2.61. The van der Waals surface area contributed by atoms with Crippen LogP contribution in [0.4, 0.5) is 0 Å². The highest BCUT2D eigenvalue weighted by molar-refractivity contribution is 6.32. The Morgan fingerprint density at radius 1 is 1.35 bits per heavy atom. The number of benzene rings is 1. The van der Waals surface area contributed by atoms with Crippen molar-refractivity contribution in [3.63, 3.8) is 0 Å². The molecular weight excluding hydrogens is 314 g/mol. The smallest absolute Gasteiger partial charge is 0.261 e. The fourth-order valence-corrected chi connectivity index (χ4v) is 3.09. The van der Waals surface area contributed by atoms with E-state index in [1.54, 1.807) is 27.0 Å². The third kappa shape index (κ3) is 2.88. The zero-order chi connectivity index (χ0) is 17.5. The zero-order valence-corrected chi connectivity index (χ0v) is 14.9. The Morgan fingerprint density at radius 3 is 2.43 bits per heavy atom. The summed E-state index contributed by atoms with van der Waals surface area (Å²) in [6.45, 7) is 7.46. The van der Waals surface area contributed by atoms with Crippen LogP contribution in [-0.2, 0) is 16.0 Å². The van der Waals surface area contributed by atoms with Gasteiger partial charge in [0.15, 0.2) is 5.78 Å². The molecule has 1 aromatic rings. The number of halogens is 1. The molecule has 124 valence electrons. The molecule has 23 heavy (non-hydrogen) atoms. The Labute approximate surface area is 141 Å². The number of ketones is 1. The van der Waals surface area contributed by atoms with Gasteiger partial charge in [-0.1, -0.05) is 43.6 Å². The number of hydrogen-bond acceptors (Lipinski definition) is 3. The summed E-state index contributed by atoms with van der Waals surface area (Å²) in [6.07, 6.45) is -0.00551. The Bertz CT molecular complexity index is 704. The molecular formula is C18H22ClNO3. The van der Waals surface area contributed by atoms with Gasteiger partial charge in [-0.15, -0.1) is 0 Å². The predicted octanol–water partition coefficient (Wildman–Crippen LogP) is 3.64. The number of aliphatic hydroxyl groups is 1. The molecule has 1 aliphatic rings. The molecule has 0 saturated carbocycles. The van der Waals surface area contributed by atoms with E-state index in [1.165, 1.54) is 4.90 Å². The minimum atomic E-state index is -0.869. The lowest BCUT2D eigenvalue weighted by Crippen LogP contribution is -2.40. The lowest BCUT2D eigenvalue weighted by Gasteiger charge is -2.27. The number of rotatable bonds is 4. The predicted molar refractivity (Wildman–Crippen MR) is 90.8 cm³/mol. The highest BCUT2D eigenvalue weighted by Crippen LogP contribution is 2.34. The number of carbonyl (C=O) groups is 2. The molecule has 1 N–H and O–H groups in total. The van der Waals surface area contributed by atoms with Crippen LogP contribution in [-0.4, -0.2) is 34.3 Å². The molecule has 0 atom stereocenters. The molecule has 2 rings (SSSR count). The lowest BCUT2D eigenvalue weighted by atomic mass is 9.95. The van der Waals surface area contributed by atoms with E-state index >= 15 is 0 Å². The number of amides is 1. The van der Waals surface area contributed by atoms with Crippen LogP contribution in [0.15, 0.2) is 29.5 Å². The van der Waals surface area contributed by atoms with Crippen LogP contribution < -0.4 is 0 Å². The van der Waals surface area contributed by atoms with Gasteiger partial charge in [-0.3, -0.25) is 9.59 Å². The topological polar surface area (TPSA) is 57.6 Å². The summed E-state index contributed by atoms with van der Waals surface area (Å²) in [7, 11) is 1.57. The normalized spacial score (nSPS) is 17.3. The van der Waals surface area contributed by atoms with Crippen molar-refractivity contribution in [1.82, 2.24) is 4.90 Å². The molecule has 1 heterocycles. The van der Waals surface area contributed by atoms with E-state index in [1.807, 2.05) is 26.0 Å². The van der Waals surface area contributed by atoms with Gasteiger partial charge in [0.05, 0.1) is 5.54 Å². The van der Waals surface area contributed by atoms with Gasteiger partial charge in [0.2, 0.25) is 0 Å². The molecule has 1 aliphatic heterocycles. The monoisotopic (exact) mass is 335 g/mol. The van der Waals surface area contributed by atoms with Gasteiger partial charge >= 0.3 is 0 Å². The van der Waals surface area contributed by atoms with Crippen LogP contribution in [0.2, 0.25) is 5.02 Å². The Morgan fingerprint density at radius 2 is 1.96 bits per heavy atom. The highest BCUT2D eigenvalue weighted by atomic mass is 35.5. The minimum Gasteiger partial charge on any atom is -0.509 e. The third-order valence-corrected chi connectivity index (χ3v) is 4.99. The molecule has 0 fully saturated rings. The number of Topliss-reactive ketones (excluding diaryl/α,β-unsaturated/α-hetero) is 1. The molecule has 0 radical (unpaired) electrons. The second-order valence-electron chi connectivity index (χ2n) is 6.72. The first-order valence-electron chi connectivity index (χ1n) is 7.61. The Kier molecular flexibility index (Phi) is 4.58. The quantitative estimate of drug-likeness (QED) is 0.855. The first-order valence-corrected chi connectivity index (χ1v) is 7.99. The summed E-state index contributed by atoms with van der Waals surface area (Å²) < 4.78 is 0. The van der Waals surface area contributed by atoms with E-state index in [9.17, 15) is 14.7 Å².